The van der Waals surface area contributed by atoms with Crippen LogP contribution in [-0.4, -0.2) is 51.6 Å². The van der Waals surface area contributed by atoms with E-state index in [1.807, 2.05) is 29.8 Å². The molecule has 212 valence electrons. The number of benzene rings is 2. The van der Waals surface area contributed by atoms with E-state index < -0.39 is 10.0 Å². The topological polar surface area (TPSA) is 126 Å². The molecule has 41 heavy (non-hydrogen) atoms. The molecule has 3 aromatic heterocycles. The molecule has 0 saturated carbocycles. The Hall–Kier alpha value is -3.97. The van der Waals surface area contributed by atoms with Crippen LogP contribution in [0.5, 0.6) is 11.5 Å². The summed E-state index contributed by atoms with van der Waals surface area (Å²) in [5.41, 5.74) is 4.04. The highest BCUT2D eigenvalue weighted by Gasteiger charge is 2.32. The monoisotopic (exact) mass is 637 g/mol. The number of anilines is 1. The summed E-state index contributed by atoms with van der Waals surface area (Å²) in [6.07, 6.45) is 5.28. The predicted octanol–water partition coefficient (Wildman–Crippen LogP) is 4.89. The Morgan fingerprint density at radius 1 is 1.10 bits per heavy atom. The van der Waals surface area contributed by atoms with E-state index >= 15 is 0 Å². The molecule has 0 spiro atoms. The van der Waals surface area contributed by atoms with Gasteiger partial charge in [-0.3, -0.25) is 0 Å². The Morgan fingerprint density at radius 2 is 1.90 bits per heavy atom. The number of halogens is 1. The molecule has 1 aliphatic carbocycles. The van der Waals surface area contributed by atoms with Crippen molar-refractivity contribution in [1.82, 2.24) is 28.9 Å². The van der Waals surface area contributed by atoms with E-state index in [0.29, 0.717) is 46.2 Å². The fourth-order valence-corrected chi connectivity index (χ4v) is 7.11. The molecule has 13 heteroatoms. The molecular formula is C28H28BrN7O4S. The Balaban J connectivity index is 1.34. The van der Waals surface area contributed by atoms with Crippen molar-refractivity contribution >= 4 is 42.8 Å². The summed E-state index contributed by atoms with van der Waals surface area (Å²) >= 11 is 3.61. The van der Waals surface area contributed by atoms with Gasteiger partial charge in [-0.25, -0.2) is 14.6 Å². The highest BCUT2D eigenvalue weighted by atomic mass is 79.9. The summed E-state index contributed by atoms with van der Waals surface area (Å²) in [7, 11) is -0.601. The quantitative estimate of drug-likeness (QED) is 0.253. The molecule has 0 amide bonds. The molecule has 1 unspecified atom stereocenters. The van der Waals surface area contributed by atoms with Crippen molar-refractivity contribution in [3.8, 4) is 11.5 Å². The number of nitrogens with one attached hydrogen (secondary N) is 1. The van der Waals surface area contributed by atoms with E-state index in [9.17, 15) is 8.42 Å². The van der Waals surface area contributed by atoms with Crippen molar-refractivity contribution in [2.24, 2.45) is 0 Å². The molecule has 1 atom stereocenters. The first-order valence-electron chi connectivity index (χ1n) is 13.0. The maximum absolute atomic E-state index is 13.5. The molecule has 5 aromatic rings. The number of aryl methyl sites for hydroxylation is 1. The van der Waals surface area contributed by atoms with Gasteiger partial charge < -0.3 is 14.8 Å². The average molecular weight is 639 g/mol. The number of aromatic nitrogens is 6. The molecular weight excluding hydrogens is 610 g/mol. The molecule has 11 nitrogen and oxygen atoms in total. The molecule has 1 aliphatic rings. The van der Waals surface area contributed by atoms with Crippen LogP contribution in [-0.2, 0) is 23.0 Å². The summed E-state index contributed by atoms with van der Waals surface area (Å²) in [6, 6.07) is 12.2. The fourth-order valence-electron chi connectivity index (χ4n) is 5.24. The summed E-state index contributed by atoms with van der Waals surface area (Å²) < 4.78 is 41.4. The second-order valence-corrected chi connectivity index (χ2v) is 12.3. The maximum Gasteiger partial charge on any atom is 0.283 e. The van der Waals surface area contributed by atoms with Gasteiger partial charge in [0.15, 0.2) is 5.65 Å². The van der Waals surface area contributed by atoms with Gasteiger partial charge in [-0.05, 0) is 66.4 Å². The molecule has 0 fully saturated rings. The van der Waals surface area contributed by atoms with Crippen molar-refractivity contribution in [3.05, 3.63) is 82.0 Å². The van der Waals surface area contributed by atoms with Crippen molar-refractivity contribution in [2.75, 3.05) is 19.5 Å². The molecule has 0 aliphatic heterocycles. The van der Waals surface area contributed by atoms with Crippen LogP contribution in [0.3, 0.4) is 0 Å². The zero-order valence-electron chi connectivity index (χ0n) is 22.7. The molecule has 0 bridgehead atoms. The minimum Gasteiger partial charge on any atom is -0.497 e. The van der Waals surface area contributed by atoms with Crippen LogP contribution >= 0.6 is 15.9 Å². The van der Waals surface area contributed by atoms with Crippen molar-refractivity contribution in [3.63, 3.8) is 0 Å². The molecule has 6 rings (SSSR count). The lowest BCUT2D eigenvalue weighted by Gasteiger charge is -2.23. The summed E-state index contributed by atoms with van der Waals surface area (Å²) in [6.45, 7) is 2.37. The van der Waals surface area contributed by atoms with Crippen molar-refractivity contribution in [2.45, 2.75) is 43.7 Å². The van der Waals surface area contributed by atoms with Gasteiger partial charge in [0, 0.05) is 23.7 Å². The van der Waals surface area contributed by atoms with Crippen molar-refractivity contribution in [1.29, 1.82) is 0 Å². The first-order chi connectivity index (χ1) is 19.8. The smallest absolute Gasteiger partial charge is 0.283 e. The van der Waals surface area contributed by atoms with Crippen molar-refractivity contribution < 1.29 is 17.9 Å². The lowest BCUT2D eigenvalue weighted by molar-refractivity contribution is 0.391. The van der Waals surface area contributed by atoms with Crippen LogP contribution < -0.4 is 14.8 Å². The van der Waals surface area contributed by atoms with Crippen LogP contribution in [0.4, 0.5) is 5.82 Å². The lowest BCUT2D eigenvalue weighted by atomic mass is 9.93. The first-order valence-corrected chi connectivity index (χ1v) is 15.3. The average Bonchev–Trinajstić information content (AvgIpc) is 3.58. The van der Waals surface area contributed by atoms with Gasteiger partial charge in [0.2, 0.25) is 0 Å². The lowest BCUT2D eigenvalue weighted by Crippen LogP contribution is -2.23. The number of ether oxygens (including phenoxy) is 2. The van der Waals surface area contributed by atoms with E-state index in [1.54, 1.807) is 44.7 Å². The minimum atomic E-state index is -3.83. The van der Waals surface area contributed by atoms with Gasteiger partial charge in [0.25, 0.3) is 10.0 Å². The summed E-state index contributed by atoms with van der Waals surface area (Å²) in [5.74, 6) is 2.02. The Labute approximate surface area is 245 Å². The number of hydrogen-bond acceptors (Lipinski definition) is 9. The number of nitrogens with zero attached hydrogens (tertiary/aromatic N) is 6. The Bertz CT molecular complexity index is 1850. The third-order valence-electron chi connectivity index (χ3n) is 7.34. The van der Waals surface area contributed by atoms with Crippen LogP contribution in [0.25, 0.3) is 11.0 Å². The van der Waals surface area contributed by atoms with Crippen LogP contribution in [0.15, 0.2) is 64.5 Å². The second kappa shape index (κ2) is 10.8. The SMILES string of the molecule is COc1ccc(CNc2ncnc3c2c(Br)nn3C2CCCc3c2cnn3S(=O)(=O)c2ccc(C)cc2)c(OC)c1. The van der Waals surface area contributed by atoms with Gasteiger partial charge in [0.05, 0.1) is 42.4 Å². The predicted molar refractivity (Wildman–Crippen MR) is 157 cm³/mol. The van der Waals surface area contributed by atoms with Gasteiger partial charge in [-0.15, -0.1) is 0 Å². The van der Waals surface area contributed by atoms with E-state index in [4.69, 9.17) is 14.6 Å². The van der Waals surface area contributed by atoms with E-state index in [2.05, 4.69) is 36.3 Å². The second-order valence-electron chi connectivity index (χ2n) is 9.80. The highest BCUT2D eigenvalue weighted by Crippen LogP contribution is 2.38. The first kappa shape index (κ1) is 27.2. The molecule has 0 radical (unpaired) electrons. The van der Waals surface area contributed by atoms with E-state index in [0.717, 1.165) is 34.9 Å². The van der Waals surface area contributed by atoms with Gasteiger partial charge in [-0.2, -0.15) is 22.7 Å². The fraction of sp³-hybridized carbons (Fsp3) is 0.286. The van der Waals surface area contributed by atoms with Gasteiger partial charge >= 0.3 is 0 Å². The third-order valence-corrected chi connectivity index (χ3v) is 9.54. The standard InChI is InChI=1S/C28H28BrN7O4S/c1-17-7-11-20(12-8-17)41(37,38)36-23-6-4-5-22(21(23)15-33-36)35-28-25(26(29)34-35)27(31-16-32-28)30-14-18-9-10-19(39-2)13-24(18)40-3/h7-13,15-16,22H,4-6,14H2,1-3H3,(H,30,31,32). The summed E-state index contributed by atoms with van der Waals surface area (Å²) in [4.78, 5) is 9.26. The number of rotatable bonds is 8. The van der Waals surface area contributed by atoms with E-state index in [-0.39, 0.29) is 10.9 Å². The van der Waals surface area contributed by atoms with Crippen LogP contribution in [0, 0.1) is 6.92 Å². The van der Waals surface area contributed by atoms with Gasteiger partial charge in [0.1, 0.15) is 28.2 Å². The maximum atomic E-state index is 13.5. The largest absolute Gasteiger partial charge is 0.497 e. The zero-order valence-corrected chi connectivity index (χ0v) is 25.1. The normalized spacial score (nSPS) is 15.1. The number of methoxy groups -OCH3 is 2. The Morgan fingerprint density at radius 3 is 2.66 bits per heavy atom. The van der Waals surface area contributed by atoms with Gasteiger partial charge in [-0.1, -0.05) is 17.7 Å². The highest BCUT2D eigenvalue weighted by molar-refractivity contribution is 9.10. The van der Waals surface area contributed by atoms with E-state index in [1.165, 1.54) is 10.4 Å². The number of hydrogen-bond donors (Lipinski definition) is 1. The van der Waals surface area contributed by atoms with Crippen LogP contribution in [0.2, 0.25) is 0 Å². The molecule has 3 heterocycles. The molecule has 1 N–H and O–H groups in total. The molecule has 0 saturated heterocycles. The number of fused-ring (bicyclic) bond motifs is 2. The summed E-state index contributed by atoms with van der Waals surface area (Å²) in [5, 5.41) is 13.3. The minimum absolute atomic E-state index is 0.209. The van der Waals surface area contributed by atoms with Crippen LogP contribution in [0.1, 0.15) is 41.3 Å². The Kier molecular flexibility index (Phi) is 7.16. The third kappa shape index (κ3) is 4.82. The molecule has 2 aromatic carbocycles. The zero-order chi connectivity index (χ0) is 28.7.